The predicted molar refractivity (Wildman–Crippen MR) is 83.2 cm³/mol. The minimum atomic E-state index is -1.06. The molecule has 1 aromatic heterocycles. The number of benzene rings is 1. The molecule has 0 bridgehead atoms. The molecule has 0 spiro atoms. The van der Waals surface area contributed by atoms with Crippen LogP contribution >= 0.6 is 0 Å². The van der Waals surface area contributed by atoms with Crippen molar-refractivity contribution in [3.8, 4) is 0 Å². The average molecular weight is 317 g/mol. The summed E-state index contributed by atoms with van der Waals surface area (Å²) in [7, 11) is 3.37. The summed E-state index contributed by atoms with van der Waals surface area (Å²) in [5, 5.41) is 13.1. The molecule has 0 unspecified atom stereocenters. The molecule has 2 rings (SSSR count). The molecule has 0 aliphatic carbocycles. The summed E-state index contributed by atoms with van der Waals surface area (Å²) >= 11 is 0. The fourth-order valence-corrected chi connectivity index (χ4v) is 2.17. The molecule has 122 valence electrons. The van der Waals surface area contributed by atoms with Crippen LogP contribution in [0.4, 0.5) is 0 Å². The SMILES string of the molecule is COCCN(Cc1ccnn1C)C(=O)c1cccc(C(=O)O)c1. The molecular formula is C16H19N3O4. The molecular weight excluding hydrogens is 298 g/mol. The summed E-state index contributed by atoms with van der Waals surface area (Å²) in [6.45, 7) is 1.16. The molecule has 0 atom stereocenters. The van der Waals surface area contributed by atoms with Crippen molar-refractivity contribution in [2.45, 2.75) is 6.54 Å². The van der Waals surface area contributed by atoms with Gasteiger partial charge in [0.05, 0.1) is 24.4 Å². The zero-order valence-corrected chi connectivity index (χ0v) is 13.1. The van der Waals surface area contributed by atoms with Crippen molar-refractivity contribution in [3.05, 3.63) is 53.3 Å². The van der Waals surface area contributed by atoms with Crippen molar-refractivity contribution < 1.29 is 19.4 Å². The number of methoxy groups -OCH3 is 1. The van der Waals surface area contributed by atoms with Gasteiger partial charge in [0, 0.05) is 32.5 Å². The first-order valence-corrected chi connectivity index (χ1v) is 7.11. The monoisotopic (exact) mass is 317 g/mol. The van der Waals surface area contributed by atoms with E-state index in [-0.39, 0.29) is 11.5 Å². The van der Waals surface area contributed by atoms with E-state index >= 15 is 0 Å². The molecule has 1 heterocycles. The summed E-state index contributed by atoms with van der Waals surface area (Å²) in [4.78, 5) is 25.4. The molecule has 0 fully saturated rings. The van der Waals surface area contributed by atoms with Gasteiger partial charge in [-0.15, -0.1) is 0 Å². The maximum Gasteiger partial charge on any atom is 0.335 e. The Morgan fingerprint density at radius 3 is 2.65 bits per heavy atom. The molecule has 23 heavy (non-hydrogen) atoms. The topological polar surface area (TPSA) is 84.7 Å². The Morgan fingerprint density at radius 2 is 2.04 bits per heavy atom. The maximum atomic E-state index is 12.7. The van der Waals surface area contributed by atoms with Crippen molar-refractivity contribution in [2.24, 2.45) is 7.05 Å². The minimum Gasteiger partial charge on any atom is -0.478 e. The Labute approximate surface area is 134 Å². The molecule has 1 N–H and O–H groups in total. The van der Waals surface area contributed by atoms with Crippen LogP contribution in [0.2, 0.25) is 0 Å². The average Bonchev–Trinajstić information content (AvgIpc) is 2.95. The van der Waals surface area contributed by atoms with Crippen molar-refractivity contribution in [1.29, 1.82) is 0 Å². The summed E-state index contributed by atoms with van der Waals surface area (Å²) in [6.07, 6.45) is 1.67. The second kappa shape index (κ2) is 7.55. The van der Waals surface area contributed by atoms with Gasteiger partial charge < -0.3 is 14.7 Å². The second-order valence-corrected chi connectivity index (χ2v) is 5.05. The van der Waals surface area contributed by atoms with Crippen LogP contribution in [0, 0.1) is 0 Å². The van der Waals surface area contributed by atoms with Crippen LogP contribution in [0.1, 0.15) is 26.4 Å². The molecule has 0 saturated heterocycles. The summed E-state index contributed by atoms with van der Waals surface area (Å²) in [6, 6.07) is 7.85. The van der Waals surface area contributed by atoms with Crippen LogP contribution in [0.5, 0.6) is 0 Å². The highest BCUT2D eigenvalue weighted by atomic mass is 16.5. The molecule has 0 radical (unpaired) electrons. The number of hydrogen-bond donors (Lipinski definition) is 1. The molecule has 1 amide bonds. The fraction of sp³-hybridized carbons (Fsp3) is 0.312. The van der Waals surface area contributed by atoms with Gasteiger partial charge in [0.15, 0.2) is 0 Å². The van der Waals surface area contributed by atoms with Crippen LogP contribution < -0.4 is 0 Å². The summed E-state index contributed by atoms with van der Waals surface area (Å²) in [5.41, 5.74) is 1.30. The first-order valence-electron chi connectivity index (χ1n) is 7.11. The third kappa shape index (κ3) is 4.17. The van der Waals surface area contributed by atoms with E-state index in [1.54, 1.807) is 42.1 Å². The number of ether oxygens (including phenoxy) is 1. The van der Waals surface area contributed by atoms with Crippen molar-refractivity contribution in [1.82, 2.24) is 14.7 Å². The number of carboxylic acid groups (broad SMARTS) is 1. The maximum absolute atomic E-state index is 12.7. The van der Waals surface area contributed by atoms with Crippen molar-refractivity contribution in [3.63, 3.8) is 0 Å². The van der Waals surface area contributed by atoms with Crippen LogP contribution in [0.15, 0.2) is 36.5 Å². The lowest BCUT2D eigenvalue weighted by Crippen LogP contribution is -2.34. The van der Waals surface area contributed by atoms with E-state index in [1.165, 1.54) is 12.1 Å². The summed E-state index contributed by atoms with van der Waals surface area (Å²) in [5.74, 6) is -1.30. The molecule has 0 aliphatic heterocycles. The van der Waals surface area contributed by atoms with E-state index in [0.29, 0.717) is 25.3 Å². The molecule has 7 nitrogen and oxygen atoms in total. The highest BCUT2D eigenvalue weighted by Gasteiger charge is 2.18. The minimum absolute atomic E-state index is 0.0862. The van der Waals surface area contributed by atoms with Gasteiger partial charge in [-0.3, -0.25) is 9.48 Å². The van der Waals surface area contributed by atoms with Crippen LogP contribution in [-0.4, -0.2) is 51.9 Å². The van der Waals surface area contributed by atoms with Gasteiger partial charge in [0.25, 0.3) is 5.91 Å². The van der Waals surface area contributed by atoms with Crippen LogP contribution in [0.3, 0.4) is 0 Å². The van der Waals surface area contributed by atoms with Crippen molar-refractivity contribution in [2.75, 3.05) is 20.3 Å². The first-order chi connectivity index (χ1) is 11.0. The normalized spacial score (nSPS) is 10.5. The Morgan fingerprint density at radius 1 is 1.30 bits per heavy atom. The number of aromatic nitrogens is 2. The number of aromatic carboxylic acids is 1. The molecule has 1 aromatic carbocycles. The highest BCUT2D eigenvalue weighted by molar-refractivity contribution is 5.97. The Balaban J connectivity index is 2.23. The highest BCUT2D eigenvalue weighted by Crippen LogP contribution is 2.12. The van der Waals surface area contributed by atoms with E-state index in [9.17, 15) is 9.59 Å². The Hall–Kier alpha value is -2.67. The number of hydrogen-bond acceptors (Lipinski definition) is 4. The van der Waals surface area contributed by atoms with E-state index in [0.717, 1.165) is 5.69 Å². The lowest BCUT2D eigenvalue weighted by atomic mass is 10.1. The van der Waals surface area contributed by atoms with Gasteiger partial charge >= 0.3 is 5.97 Å². The number of carboxylic acids is 1. The van der Waals surface area contributed by atoms with Gasteiger partial charge in [-0.05, 0) is 24.3 Å². The van der Waals surface area contributed by atoms with E-state index < -0.39 is 5.97 Å². The van der Waals surface area contributed by atoms with Gasteiger partial charge in [0.2, 0.25) is 0 Å². The van der Waals surface area contributed by atoms with Gasteiger partial charge in [-0.1, -0.05) is 6.07 Å². The zero-order valence-electron chi connectivity index (χ0n) is 13.1. The molecule has 0 aliphatic rings. The Bertz CT molecular complexity index is 696. The van der Waals surface area contributed by atoms with E-state index in [4.69, 9.17) is 9.84 Å². The predicted octanol–water partition coefficient (Wildman–Crippen LogP) is 1.41. The van der Waals surface area contributed by atoms with Crippen molar-refractivity contribution >= 4 is 11.9 Å². The number of carbonyl (C=O) groups is 2. The van der Waals surface area contributed by atoms with Gasteiger partial charge in [0.1, 0.15) is 0 Å². The first kappa shape index (κ1) is 16.7. The van der Waals surface area contributed by atoms with Gasteiger partial charge in [-0.2, -0.15) is 5.10 Å². The van der Waals surface area contributed by atoms with Crippen LogP contribution in [0.25, 0.3) is 0 Å². The lowest BCUT2D eigenvalue weighted by molar-refractivity contribution is 0.0675. The smallest absolute Gasteiger partial charge is 0.335 e. The number of rotatable bonds is 7. The summed E-state index contributed by atoms with van der Waals surface area (Å²) < 4.78 is 6.75. The van der Waals surface area contributed by atoms with E-state index in [1.807, 2.05) is 6.07 Å². The third-order valence-corrected chi connectivity index (χ3v) is 3.48. The number of amides is 1. The lowest BCUT2D eigenvalue weighted by Gasteiger charge is -2.22. The number of aryl methyl sites for hydroxylation is 1. The molecule has 0 saturated carbocycles. The van der Waals surface area contributed by atoms with E-state index in [2.05, 4.69) is 5.10 Å². The Kier molecular flexibility index (Phi) is 5.48. The number of nitrogens with zero attached hydrogens (tertiary/aromatic N) is 3. The zero-order chi connectivity index (χ0) is 16.8. The molecule has 7 heteroatoms. The standard InChI is InChI=1S/C16H19N3O4/c1-18-14(6-7-17-18)11-19(8-9-23-2)15(20)12-4-3-5-13(10-12)16(21)22/h3-7,10H,8-9,11H2,1-2H3,(H,21,22). The van der Waals surface area contributed by atoms with Crippen LogP contribution in [-0.2, 0) is 18.3 Å². The largest absolute Gasteiger partial charge is 0.478 e. The fourth-order valence-electron chi connectivity index (χ4n) is 2.17. The number of carbonyl (C=O) groups excluding carboxylic acids is 1. The quantitative estimate of drug-likeness (QED) is 0.834. The second-order valence-electron chi connectivity index (χ2n) is 5.05. The third-order valence-electron chi connectivity index (χ3n) is 3.48. The molecule has 2 aromatic rings. The van der Waals surface area contributed by atoms with Gasteiger partial charge in [-0.25, -0.2) is 4.79 Å².